The van der Waals surface area contributed by atoms with E-state index in [4.69, 9.17) is 16.3 Å². The minimum absolute atomic E-state index is 0.0544. The van der Waals surface area contributed by atoms with Crippen molar-refractivity contribution in [3.05, 3.63) is 99.7 Å². The summed E-state index contributed by atoms with van der Waals surface area (Å²) in [7, 11) is 0. The van der Waals surface area contributed by atoms with Gasteiger partial charge in [0.2, 0.25) is 0 Å². The van der Waals surface area contributed by atoms with Gasteiger partial charge in [-0.15, -0.1) is 0 Å². The summed E-state index contributed by atoms with van der Waals surface area (Å²) in [6.45, 7) is -0.170. The zero-order valence-corrected chi connectivity index (χ0v) is 19.2. The van der Waals surface area contributed by atoms with Crippen molar-refractivity contribution in [2.24, 2.45) is 0 Å². The van der Waals surface area contributed by atoms with Crippen LogP contribution in [0.5, 0.6) is 5.75 Å². The van der Waals surface area contributed by atoms with Crippen LogP contribution in [-0.4, -0.2) is 28.6 Å². The number of para-hydroxylation sites is 1. The Morgan fingerprint density at radius 3 is 2.53 bits per heavy atom. The van der Waals surface area contributed by atoms with E-state index in [0.29, 0.717) is 5.56 Å². The smallest absolute Gasteiger partial charge is 0.293 e. The highest BCUT2D eigenvalue weighted by atomic mass is 35.5. The minimum Gasteiger partial charge on any atom is -0.482 e. The molecule has 0 radical (unpaired) electrons. The Bertz CT molecular complexity index is 1280. The van der Waals surface area contributed by atoms with E-state index in [-0.39, 0.29) is 45.7 Å². The second-order valence-electron chi connectivity index (χ2n) is 7.26. The number of anilines is 1. The maximum atomic E-state index is 13.6. The fourth-order valence-electron chi connectivity index (χ4n) is 3.17. The zero-order valence-electron chi connectivity index (χ0n) is 17.7. The van der Waals surface area contributed by atoms with Gasteiger partial charge in [-0.25, -0.2) is 4.39 Å². The van der Waals surface area contributed by atoms with Crippen molar-refractivity contribution in [3.63, 3.8) is 0 Å². The number of benzene rings is 3. The van der Waals surface area contributed by atoms with Crippen LogP contribution in [0.3, 0.4) is 0 Å². The van der Waals surface area contributed by atoms with Crippen LogP contribution < -0.4 is 10.1 Å². The molecule has 0 aromatic heterocycles. The summed E-state index contributed by atoms with van der Waals surface area (Å²) in [6, 6.07) is 19.8. The Kier molecular flexibility index (Phi) is 7.30. The summed E-state index contributed by atoms with van der Waals surface area (Å²) in [5.41, 5.74) is 1.51. The molecule has 1 aliphatic heterocycles. The lowest BCUT2D eigenvalue weighted by atomic mass is 10.2. The summed E-state index contributed by atoms with van der Waals surface area (Å²) in [5.74, 6) is -1.22. The number of hydrogen-bond donors (Lipinski definition) is 1. The number of carbonyl (C=O) groups excluding carboxylic acids is 3. The molecule has 9 heteroatoms. The molecule has 172 valence electrons. The summed E-state index contributed by atoms with van der Waals surface area (Å²) in [4.78, 5) is 38.6. The molecule has 1 heterocycles. The molecule has 0 aliphatic carbocycles. The van der Waals surface area contributed by atoms with Crippen LogP contribution in [0, 0.1) is 5.82 Å². The van der Waals surface area contributed by atoms with E-state index >= 15 is 0 Å². The van der Waals surface area contributed by atoms with E-state index in [9.17, 15) is 18.8 Å². The van der Waals surface area contributed by atoms with Crippen LogP contribution in [0.25, 0.3) is 6.08 Å². The standard InChI is InChI=1S/C25H18ClFN2O4S/c26-18-12-17(10-11-21(18)33-15-23(30)28-20-9-5-4-8-19(20)27)13-22-24(31)29(25(32)34-22)14-16-6-2-1-3-7-16/h1-13H,14-15H2,(H,28,30). The number of thioether (sulfide) groups is 1. The molecule has 1 N–H and O–H groups in total. The first kappa shape index (κ1) is 23.5. The Balaban J connectivity index is 1.39. The van der Waals surface area contributed by atoms with Crippen molar-refractivity contribution >= 4 is 52.2 Å². The molecule has 1 fully saturated rings. The maximum Gasteiger partial charge on any atom is 0.293 e. The fourth-order valence-corrected chi connectivity index (χ4v) is 4.25. The first-order valence-electron chi connectivity index (χ1n) is 10.2. The molecule has 0 unspecified atom stereocenters. The van der Waals surface area contributed by atoms with Crippen LogP contribution in [0.2, 0.25) is 5.02 Å². The Hall–Kier alpha value is -3.62. The zero-order chi connectivity index (χ0) is 24.1. The molecule has 0 bridgehead atoms. The van der Waals surface area contributed by atoms with E-state index in [2.05, 4.69) is 5.32 Å². The van der Waals surface area contributed by atoms with Crippen LogP contribution in [0.4, 0.5) is 14.9 Å². The Morgan fingerprint density at radius 2 is 1.79 bits per heavy atom. The van der Waals surface area contributed by atoms with Gasteiger partial charge in [0.15, 0.2) is 6.61 Å². The molecule has 0 spiro atoms. The van der Waals surface area contributed by atoms with Crippen LogP contribution >= 0.6 is 23.4 Å². The third-order valence-electron chi connectivity index (χ3n) is 4.82. The second kappa shape index (κ2) is 10.5. The Labute approximate surface area is 204 Å². The number of ether oxygens (including phenoxy) is 1. The molecule has 3 aromatic carbocycles. The highest BCUT2D eigenvalue weighted by molar-refractivity contribution is 8.18. The molecule has 3 amide bonds. The Morgan fingerprint density at radius 1 is 1.06 bits per heavy atom. The van der Waals surface area contributed by atoms with Crippen molar-refractivity contribution < 1.29 is 23.5 Å². The third-order valence-corrected chi connectivity index (χ3v) is 6.02. The van der Waals surface area contributed by atoms with Gasteiger partial charge in [0.1, 0.15) is 11.6 Å². The summed E-state index contributed by atoms with van der Waals surface area (Å²) < 4.78 is 19.1. The SMILES string of the molecule is O=C(COc1ccc(C=C2SC(=O)N(Cc3ccccc3)C2=O)cc1Cl)Nc1ccccc1F. The van der Waals surface area contributed by atoms with Gasteiger partial charge in [0, 0.05) is 0 Å². The molecule has 34 heavy (non-hydrogen) atoms. The topological polar surface area (TPSA) is 75.7 Å². The average Bonchev–Trinajstić information content (AvgIpc) is 3.08. The summed E-state index contributed by atoms with van der Waals surface area (Å²) in [5, 5.41) is 2.30. The molecule has 0 saturated carbocycles. The highest BCUT2D eigenvalue weighted by Crippen LogP contribution is 2.34. The maximum absolute atomic E-state index is 13.6. The number of hydrogen-bond acceptors (Lipinski definition) is 5. The number of carbonyl (C=O) groups is 3. The quantitative estimate of drug-likeness (QED) is 0.422. The van der Waals surface area contributed by atoms with Crippen LogP contribution in [0.15, 0.2) is 77.7 Å². The predicted octanol–water partition coefficient (Wildman–Crippen LogP) is 5.73. The van der Waals surface area contributed by atoms with E-state index in [1.807, 2.05) is 30.3 Å². The monoisotopic (exact) mass is 496 g/mol. The van der Waals surface area contributed by atoms with E-state index in [1.165, 1.54) is 23.1 Å². The van der Waals surface area contributed by atoms with Gasteiger partial charge in [-0.05, 0) is 53.2 Å². The largest absolute Gasteiger partial charge is 0.482 e. The van der Waals surface area contributed by atoms with Crippen molar-refractivity contribution in [2.75, 3.05) is 11.9 Å². The molecule has 0 atom stereocenters. The molecular weight excluding hydrogens is 479 g/mol. The van der Waals surface area contributed by atoms with Crippen LogP contribution in [0.1, 0.15) is 11.1 Å². The molecule has 3 aromatic rings. The number of imide groups is 1. The van der Waals surface area contributed by atoms with Gasteiger partial charge in [-0.3, -0.25) is 19.3 Å². The van der Waals surface area contributed by atoms with Gasteiger partial charge in [-0.2, -0.15) is 0 Å². The minimum atomic E-state index is -0.550. The molecule has 1 saturated heterocycles. The molecular formula is C25H18ClFN2O4S. The van der Waals surface area contributed by atoms with Crippen LogP contribution in [-0.2, 0) is 16.1 Å². The summed E-state index contributed by atoms with van der Waals surface area (Å²) in [6.07, 6.45) is 1.58. The normalized spacial score (nSPS) is 14.5. The highest BCUT2D eigenvalue weighted by Gasteiger charge is 2.34. The van der Waals surface area contributed by atoms with E-state index in [1.54, 1.807) is 30.3 Å². The number of nitrogens with zero attached hydrogens (tertiary/aromatic N) is 1. The lowest BCUT2D eigenvalue weighted by Crippen LogP contribution is -2.27. The van der Waals surface area contributed by atoms with Crippen molar-refractivity contribution in [1.82, 2.24) is 4.90 Å². The summed E-state index contributed by atoms with van der Waals surface area (Å²) >= 11 is 7.13. The first-order chi connectivity index (χ1) is 16.4. The molecule has 6 nitrogen and oxygen atoms in total. The van der Waals surface area contributed by atoms with Gasteiger partial charge in [-0.1, -0.05) is 60.1 Å². The number of nitrogens with one attached hydrogen (secondary N) is 1. The first-order valence-corrected chi connectivity index (χ1v) is 11.4. The number of halogens is 2. The lowest BCUT2D eigenvalue weighted by molar-refractivity contribution is -0.123. The van der Waals surface area contributed by atoms with Crippen molar-refractivity contribution in [1.29, 1.82) is 0 Å². The third kappa shape index (κ3) is 5.65. The van der Waals surface area contributed by atoms with E-state index < -0.39 is 11.7 Å². The molecule has 4 rings (SSSR count). The van der Waals surface area contributed by atoms with Crippen molar-refractivity contribution in [2.45, 2.75) is 6.54 Å². The fraction of sp³-hybridized carbons (Fsp3) is 0.0800. The van der Waals surface area contributed by atoms with Gasteiger partial charge in [0.05, 0.1) is 22.2 Å². The predicted molar refractivity (Wildman–Crippen MR) is 130 cm³/mol. The second-order valence-corrected chi connectivity index (χ2v) is 8.66. The average molecular weight is 497 g/mol. The van der Waals surface area contributed by atoms with Gasteiger partial charge in [0.25, 0.3) is 17.1 Å². The van der Waals surface area contributed by atoms with Gasteiger partial charge < -0.3 is 10.1 Å². The van der Waals surface area contributed by atoms with Crippen molar-refractivity contribution in [3.8, 4) is 5.75 Å². The molecule has 1 aliphatic rings. The number of rotatable bonds is 7. The van der Waals surface area contributed by atoms with E-state index in [0.717, 1.165) is 17.3 Å². The number of amides is 3. The van der Waals surface area contributed by atoms with Gasteiger partial charge >= 0.3 is 0 Å². The lowest BCUT2D eigenvalue weighted by Gasteiger charge is -2.12.